The van der Waals surface area contributed by atoms with Crippen LogP contribution in [-0.4, -0.2) is 11.7 Å². The Morgan fingerprint density at radius 2 is 2.11 bits per heavy atom. The zero-order valence-electron chi connectivity index (χ0n) is 10.0. The van der Waals surface area contributed by atoms with E-state index in [-0.39, 0.29) is 0 Å². The van der Waals surface area contributed by atoms with Crippen LogP contribution >= 0.6 is 23.2 Å². The number of aromatic nitrogens is 1. The van der Waals surface area contributed by atoms with Gasteiger partial charge in [-0.05, 0) is 31.2 Å². The Morgan fingerprint density at radius 3 is 2.83 bits per heavy atom. The van der Waals surface area contributed by atoms with Gasteiger partial charge in [-0.2, -0.15) is 0 Å². The molecule has 1 aromatic heterocycles. The van der Waals surface area contributed by atoms with Gasteiger partial charge in [0.05, 0.1) is 10.7 Å². The van der Waals surface area contributed by atoms with Crippen molar-refractivity contribution in [3.63, 3.8) is 0 Å². The normalized spacial score (nSPS) is 10.8. The molecule has 1 heterocycles. The number of nitrogens with one attached hydrogen (secondary N) is 1. The lowest BCUT2D eigenvalue weighted by Crippen LogP contribution is -2.13. The number of hydrogen-bond acceptors (Lipinski definition) is 3. The van der Waals surface area contributed by atoms with Gasteiger partial charge in [-0.1, -0.05) is 35.3 Å². The van der Waals surface area contributed by atoms with Crippen molar-refractivity contribution < 1.29 is 4.52 Å². The molecule has 1 aromatic carbocycles. The minimum absolute atomic E-state index is 0.562. The van der Waals surface area contributed by atoms with Crippen LogP contribution in [0.25, 0.3) is 11.3 Å². The van der Waals surface area contributed by atoms with E-state index >= 15 is 0 Å². The van der Waals surface area contributed by atoms with Gasteiger partial charge in [0, 0.05) is 23.2 Å². The summed E-state index contributed by atoms with van der Waals surface area (Å²) >= 11 is 12.0. The molecule has 0 aliphatic rings. The van der Waals surface area contributed by atoms with Gasteiger partial charge in [0.1, 0.15) is 0 Å². The molecule has 2 aromatic rings. The summed E-state index contributed by atoms with van der Waals surface area (Å²) in [5, 5.41) is 8.43. The molecule has 0 saturated heterocycles. The number of hydrogen-bond donors (Lipinski definition) is 1. The number of halogens is 2. The minimum Gasteiger partial charge on any atom is -0.356 e. The summed E-state index contributed by atoms with van der Waals surface area (Å²) in [7, 11) is 0. The first-order valence-electron chi connectivity index (χ1n) is 5.82. The van der Waals surface area contributed by atoms with Crippen molar-refractivity contribution in [2.45, 2.75) is 19.9 Å². The van der Waals surface area contributed by atoms with Gasteiger partial charge in [0.15, 0.2) is 5.76 Å². The van der Waals surface area contributed by atoms with Crippen LogP contribution in [0, 0.1) is 0 Å². The van der Waals surface area contributed by atoms with Crippen molar-refractivity contribution in [2.75, 3.05) is 6.54 Å². The lowest BCUT2D eigenvalue weighted by atomic mass is 10.1. The summed E-state index contributed by atoms with van der Waals surface area (Å²) in [4.78, 5) is 0. The van der Waals surface area contributed by atoms with Gasteiger partial charge in [0.25, 0.3) is 0 Å². The van der Waals surface area contributed by atoms with Crippen molar-refractivity contribution in [1.82, 2.24) is 10.5 Å². The van der Waals surface area contributed by atoms with Crippen LogP contribution in [0.5, 0.6) is 0 Å². The molecule has 0 saturated carbocycles. The Hall–Kier alpha value is -1.03. The molecule has 1 N–H and O–H groups in total. The van der Waals surface area contributed by atoms with Gasteiger partial charge in [-0.15, -0.1) is 0 Å². The highest BCUT2D eigenvalue weighted by molar-refractivity contribution is 6.36. The Labute approximate surface area is 116 Å². The molecule has 0 fully saturated rings. The van der Waals surface area contributed by atoms with E-state index in [2.05, 4.69) is 17.4 Å². The largest absolute Gasteiger partial charge is 0.356 e. The van der Waals surface area contributed by atoms with Gasteiger partial charge < -0.3 is 9.84 Å². The third kappa shape index (κ3) is 3.25. The molecule has 0 bridgehead atoms. The molecule has 0 aliphatic carbocycles. The van der Waals surface area contributed by atoms with E-state index in [1.807, 2.05) is 12.1 Å². The van der Waals surface area contributed by atoms with E-state index < -0.39 is 0 Å². The van der Waals surface area contributed by atoms with Crippen molar-refractivity contribution in [1.29, 1.82) is 0 Å². The third-order valence-corrected chi connectivity index (χ3v) is 3.04. The first-order valence-corrected chi connectivity index (χ1v) is 6.58. The topological polar surface area (TPSA) is 38.1 Å². The molecule has 3 nitrogen and oxygen atoms in total. The highest BCUT2D eigenvalue weighted by Gasteiger charge is 2.10. The van der Waals surface area contributed by atoms with E-state index in [0.717, 1.165) is 24.2 Å². The minimum atomic E-state index is 0.562. The fourth-order valence-electron chi connectivity index (χ4n) is 1.60. The summed E-state index contributed by atoms with van der Waals surface area (Å²) in [5.74, 6) is 0.657. The molecule has 0 amide bonds. The summed E-state index contributed by atoms with van der Waals surface area (Å²) < 4.78 is 5.28. The molecule has 0 aliphatic heterocycles. The van der Waals surface area contributed by atoms with E-state index in [1.54, 1.807) is 12.1 Å². The quantitative estimate of drug-likeness (QED) is 0.839. The van der Waals surface area contributed by atoms with Crippen molar-refractivity contribution >= 4 is 23.2 Å². The zero-order valence-corrected chi connectivity index (χ0v) is 11.6. The fraction of sp³-hybridized carbons (Fsp3) is 0.308. The standard InChI is InChI=1S/C13H14Cl2N2O/c1-2-5-16-8-10-7-13(18-17-10)11-4-3-9(14)6-12(11)15/h3-4,6-7,16H,2,5,8H2,1H3. The van der Waals surface area contributed by atoms with Crippen LogP contribution in [0.3, 0.4) is 0 Å². The van der Waals surface area contributed by atoms with E-state index in [0.29, 0.717) is 22.4 Å². The maximum atomic E-state index is 6.11. The van der Waals surface area contributed by atoms with Crippen molar-refractivity contribution in [3.8, 4) is 11.3 Å². The first kappa shape index (κ1) is 13.4. The second-order valence-electron chi connectivity index (χ2n) is 3.98. The van der Waals surface area contributed by atoms with Crippen LogP contribution in [0.4, 0.5) is 0 Å². The Balaban J connectivity index is 2.13. The Kier molecular flexibility index (Phi) is 4.64. The van der Waals surface area contributed by atoms with Crippen molar-refractivity contribution in [2.24, 2.45) is 0 Å². The number of nitrogens with zero attached hydrogens (tertiary/aromatic N) is 1. The second-order valence-corrected chi connectivity index (χ2v) is 4.83. The van der Waals surface area contributed by atoms with Crippen LogP contribution in [0.1, 0.15) is 19.0 Å². The van der Waals surface area contributed by atoms with Crippen molar-refractivity contribution in [3.05, 3.63) is 40.0 Å². The van der Waals surface area contributed by atoms with Gasteiger partial charge in [-0.3, -0.25) is 0 Å². The van der Waals surface area contributed by atoms with Crippen LogP contribution in [0.2, 0.25) is 10.0 Å². The molecule has 2 rings (SSSR count). The molecular weight excluding hydrogens is 271 g/mol. The molecule has 0 radical (unpaired) electrons. The molecule has 96 valence electrons. The summed E-state index contributed by atoms with van der Waals surface area (Å²) in [6.07, 6.45) is 1.09. The van der Waals surface area contributed by atoms with E-state index in [1.165, 1.54) is 0 Å². The Bertz CT molecular complexity index is 525. The van der Waals surface area contributed by atoms with Crippen LogP contribution in [-0.2, 0) is 6.54 Å². The Morgan fingerprint density at radius 1 is 1.28 bits per heavy atom. The smallest absolute Gasteiger partial charge is 0.168 e. The molecule has 5 heteroatoms. The highest BCUT2D eigenvalue weighted by atomic mass is 35.5. The van der Waals surface area contributed by atoms with Gasteiger partial charge >= 0.3 is 0 Å². The predicted molar refractivity (Wildman–Crippen MR) is 74.0 cm³/mol. The zero-order chi connectivity index (χ0) is 13.0. The van der Waals surface area contributed by atoms with Crippen LogP contribution < -0.4 is 5.32 Å². The van der Waals surface area contributed by atoms with E-state index in [4.69, 9.17) is 27.7 Å². The number of rotatable bonds is 5. The first-order chi connectivity index (χ1) is 8.70. The fourth-order valence-corrected chi connectivity index (χ4v) is 2.11. The SMILES string of the molecule is CCCNCc1cc(-c2ccc(Cl)cc2Cl)on1. The third-order valence-electron chi connectivity index (χ3n) is 2.49. The molecule has 0 unspecified atom stereocenters. The maximum absolute atomic E-state index is 6.11. The summed E-state index contributed by atoms with van der Waals surface area (Å²) in [5.41, 5.74) is 1.67. The van der Waals surface area contributed by atoms with E-state index in [9.17, 15) is 0 Å². The molecule has 0 spiro atoms. The second kappa shape index (κ2) is 6.23. The lowest BCUT2D eigenvalue weighted by Gasteiger charge is -1.99. The average Bonchev–Trinajstić information content (AvgIpc) is 2.78. The highest BCUT2D eigenvalue weighted by Crippen LogP contribution is 2.30. The summed E-state index contributed by atoms with van der Waals surface area (Å²) in [6.45, 7) is 3.78. The molecular formula is C13H14Cl2N2O. The van der Waals surface area contributed by atoms with Crippen LogP contribution in [0.15, 0.2) is 28.8 Å². The molecule has 18 heavy (non-hydrogen) atoms. The summed E-state index contributed by atoms with van der Waals surface area (Å²) in [6, 6.07) is 7.18. The maximum Gasteiger partial charge on any atom is 0.168 e. The predicted octanol–water partition coefficient (Wildman–Crippen LogP) is 4.15. The van der Waals surface area contributed by atoms with Gasteiger partial charge in [-0.25, -0.2) is 0 Å². The number of benzene rings is 1. The average molecular weight is 285 g/mol. The van der Waals surface area contributed by atoms with Gasteiger partial charge in [0.2, 0.25) is 0 Å². The molecule has 0 atom stereocenters. The lowest BCUT2D eigenvalue weighted by molar-refractivity contribution is 0.420. The monoisotopic (exact) mass is 284 g/mol.